The third kappa shape index (κ3) is 8.47. The Labute approximate surface area is 145 Å². The third-order valence-corrected chi connectivity index (χ3v) is 3.10. The molecule has 1 rings (SSSR count). The fourth-order valence-corrected chi connectivity index (χ4v) is 1.98. The molecule has 0 saturated heterocycles. The minimum atomic E-state index is -0.557. The second-order valence-corrected chi connectivity index (χ2v) is 5.33. The molecule has 0 radical (unpaired) electrons. The van der Waals surface area contributed by atoms with Gasteiger partial charge in [-0.05, 0) is 45.6 Å². The number of urea groups is 1. The van der Waals surface area contributed by atoms with Crippen molar-refractivity contribution < 1.29 is 9.59 Å². The molecule has 7 nitrogen and oxygen atoms in total. The van der Waals surface area contributed by atoms with Crippen LogP contribution in [0.15, 0.2) is 18.3 Å². The molecule has 1 heterocycles. The van der Waals surface area contributed by atoms with Crippen LogP contribution in [0.25, 0.3) is 0 Å². The summed E-state index contributed by atoms with van der Waals surface area (Å²) in [7, 11) is 4.01. The number of pyridine rings is 1. The van der Waals surface area contributed by atoms with Gasteiger partial charge in [0.15, 0.2) is 0 Å². The molecule has 0 aliphatic rings. The minimum Gasteiger partial charge on any atom is -0.364 e. The molecule has 7 heteroatoms. The molecule has 0 atom stereocenters. The number of nitrogens with two attached hydrogens (primary N) is 1. The quantitative estimate of drug-likeness (QED) is 0.755. The van der Waals surface area contributed by atoms with E-state index >= 15 is 0 Å². The Kier molecular flexibility index (Phi) is 11.2. The van der Waals surface area contributed by atoms with Gasteiger partial charge in [0, 0.05) is 25.8 Å². The maximum absolute atomic E-state index is 12.1. The molecule has 24 heavy (non-hydrogen) atoms. The number of carbonyl (C=O) groups is 2. The first-order valence-electron chi connectivity index (χ1n) is 8.36. The Morgan fingerprint density at radius 3 is 2.33 bits per heavy atom. The number of aromatic nitrogens is 1. The van der Waals surface area contributed by atoms with Gasteiger partial charge in [0.2, 0.25) is 0 Å². The van der Waals surface area contributed by atoms with Gasteiger partial charge in [-0.2, -0.15) is 0 Å². The summed E-state index contributed by atoms with van der Waals surface area (Å²) in [5.41, 5.74) is 6.25. The highest BCUT2D eigenvalue weighted by Crippen LogP contribution is 2.06. The molecule has 1 aromatic heterocycles. The van der Waals surface area contributed by atoms with E-state index in [-0.39, 0.29) is 11.7 Å². The van der Waals surface area contributed by atoms with Gasteiger partial charge in [0.05, 0.1) is 0 Å². The van der Waals surface area contributed by atoms with Crippen LogP contribution >= 0.6 is 0 Å². The van der Waals surface area contributed by atoms with Crippen molar-refractivity contribution in [1.29, 1.82) is 0 Å². The number of amides is 3. The number of hydrogen-bond acceptors (Lipinski definition) is 4. The molecule has 0 spiro atoms. The average molecular weight is 337 g/mol. The Morgan fingerprint density at radius 2 is 1.88 bits per heavy atom. The Bertz CT molecular complexity index is 488. The van der Waals surface area contributed by atoms with Gasteiger partial charge < -0.3 is 20.9 Å². The summed E-state index contributed by atoms with van der Waals surface area (Å²) in [4.78, 5) is 30.9. The van der Waals surface area contributed by atoms with Gasteiger partial charge in [-0.15, -0.1) is 0 Å². The van der Waals surface area contributed by atoms with Crippen LogP contribution in [-0.4, -0.2) is 60.5 Å². The molecule has 3 N–H and O–H groups in total. The first kappa shape index (κ1) is 21.9. The van der Waals surface area contributed by atoms with E-state index in [4.69, 9.17) is 5.73 Å². The Morgan fingerprint density at radius 1 is 1.21 bits per heavy atom. The lowest BCUT2D eigenvalue weighted by Crippen LogP contribution is -2.40. The number of rotatable bonds is 8. The van der Waals surface area contributed by atoms with E-state index in [1.165, 1.54) is 0 Å². The van der Waals surface area contributed by atoms with E-state index in [1.807, 2.05) is 34.9 Å². The van der Waals surface area contributed by atoms with E-state index < -0.39 is 5.91 Å². The van der Waals surface area contributed by atoms with Crippen molar-refractivity contribution in [2.75, 3.05) is 33.7 Å². The maximum atomic E-state index is 12.1. The summed E-state index contributed by atoms with van der Waals surface area (Å²) in [6.07, 6.45) is 2.47. The monoisotopic (exact) mass is 337 g/mol. The van der Waals surface area contributed by atoms with Crippen molar-refractivity contribution in [3.63, 3.8) is 0 Å². The van der Waals surface area contributed by atoms with Gasteiger partial charge in [0.25, 0.3) is 5.91 Å². The highest BCUT2D eigenvalue weighted by atomic mass is 16.2. The first-order chi connectivity index (χ1) is 11.4. The average Bonchev–Trinajstić information content (AvgIpc) is 2.56. The van der Waals surface area contributed by atoms with E-state index in [1.54, 1.807) is 23.2 Å². The van der Waals surface area contributed by atoms with Gasteiger partial charge in [-0.25, -0.2) is 4.79 Å². The zero-order valence-electron chi connectivity index (χ0n) is 15.5. The molecule has 136 valence electrons. The van der Waals surface area contributed by atoms with Crippen molar-refractivity contribution in [2.45, 2.75) is 33.7 Å². The summed E-state index contributed by atoms with van der Waals surface area (Å²) in [5.74, 6) is -0.557. The number of nitrogens with one attached hydrogen (secondary N) is 1. The van der Waals surface area contributed by atoms with Crippen LogP contribution in [0.5, 0.6) is 0 Å². The lowest BCUT2D eigenvalue weighted by atomic mass is 10.2. The second kappa shape index (κ2) is 12.3. The van der Waals surface area contributed by atoms with E-state index in [0.717, 1.165) is 18.5 Å². The summed E-state index contributed by atoms with van der Waals surface area (Å²) in [5, 5.41) is 2.81. The fourth-order valence-electron chi connectivity index (χ4n) is 1.98. The topological polar surface area (TPSA) is 91.6 Å². The maximum Gasteiger partial charge on any atom is 0.317 e. The number of carbonyl (C=O) groups excluding carboxylic acids is 2. The molecule has 0 saturated carbocycles. The van der Waals surface area contributed by atoms with Gasteiger partial charge >= 0.3 is 6.03 Å². The molecule has 0 fully saturated rings. The van der Waals surface area contributed by atoms with Gasteiger partial charge in [0.1, 0.15) is 5.69 Å². The van der Waals surface area contributed by atoms with Crippen LogP contribution in [0.2, 0.25) is 0 Å². The summed E-state index contributed by atoms with van der Waals surface area (Å²) in [6.45, 7) is 8.49. The SMILES string of the molecule is CC.CCNC(=O)N(CCCN(C)C)Cc1ccc(C(N)=O)nc1. The third-order valence-electron chi connectivity index (χ3n) is 3.10. The summed E-state index contributed by atoms with van der Waals surface area (Å²) in [6, 6.07) is 3.25. The molecule has 0 bridgehead atoms. The first-order valence-corrected chi connectivity index (χ1v) is 8.36. The summed E-state index contributed by atoms with van der Waals surface area (Å²) < 4.78 is 0. The van der Waals surface area contributed by atoms with Crippen LogP contribution in [0.3, 0.4) is 0 Å². The Balaban J connectivity index is 0.00000254. The van der Waals surface area contributed by atoms with Crippen molar-refractivity contribution in [3.05, 3.63) is 29.6 Å². The van der Waals surface area contributed by atoms with Gasteiger partial charge in [-0.1, -0.05) is 19.9 Å². The zero-order chi connectivity index (χ0) is 18.5. The summed E-state index contributed by atoms with van der Waals surface area (Å²) >= 11 is 0. The lowest BCUT2D eigenvalue weighted by molar-refractivity contribution is 0.0995. The molecule has 1 aromatic rings. The molecule has 0 aliphatic heterocycles. The van der Waals surface area contributed by atoms with Crippen LogP contribution in [0, 0.1) is 0 Å². The molecular weight excluding hydrogens is 306 g/mol. The van der Waals surface area contributed by atoms with Crippen LogP contribution in [0.4, 0.5) is 4.79 Å². The smallest absolute Gasteiger partial charge is 0.317 e. The number of nitrogens with zero attached hydrogens (tertiary/aromatic N) is 3. The molecular formula is C17H31N5O2. The van der Waals surface area contributed by atoms with Crippen LogP contribution in [0.1, 0.15) is 43.2 Å². The molecule has 3 amide bonds. The highest BCUT2D eigenvalue weighted by molar-refractivity contribution is 5.90. The highest BCUT2D eigenvalue weighted by Gasteiger charge is 2.13. The Hall–Kier alpha value is -2.15. The van der Waals surface area contributed by atoms with Crippen molar-refractivity contribution in [2.24, 2.45) is 5.73 Å². The normalized spacial score (nSPS) is 9.92. The van der Waals surface area contributed by atoms with Crippen LogP contribution in [-0.2, 0) is 6.54 Å². The van der Waals surface area contributed by atoms with Gasteiger partial charge in [-0.3, -0.25) is 9.78 Å². The number of primary amides is 1. The predicted molar refractivity (Wildman–Crippen MR) is 96.8 cm³/mol. The van der Waals surface area contributed by atoms with E-state index in [2.05, 4.69) is 15.2 Å². The second-order valence-electron chi connectivity index (χ2n) is 5.33. The van der Waals surface area contributed by atoms with Crippen molar-refractivity contribution in [3.8, 4) is 0 Å². The molecule has 0 unspecified atom stereocenters. The van der Waals surface area contributed by atoms with E-state index in [0.29, 0.717) is 19.6 Å². The molecule has 0 aromatic carbocycles. The van der Waals surface area contributed by atoms with Crippen LogP contribution < -0.4 is 11.1 Å². The zero-order valence-corrected chi connectivity index (χ0v) is 15.5. The molecule has 0 aliphatic carbocycles. The van der Waals surface area contributed by atoms with E-state index in [9.17, 15) is 9.59 Å². The van der Waals surface area contributed by atoms with Crippen molar-refractivity contribution in [1.82, 2.24) is 20.1 Å². The standard InChI is InChI=1S/C15H25N5O2.C2H6/c1-4-17-15(22)20(9-5-8-19(2)3)11-12-6-7-13(14(16)21)18-10-12;1-2/h6-7,10H,4-5,8-9,11H2,1-3H3,(H2,16,21)(H,17,22);1-2H3. The predicted octanol–water partition coefficient (Wildman–Crippen LogP) is 1.69. The fraction of sp³-hybridized carbons (Fsp3) is 0.588. The number of hydrogen-bond donors (Lipinski definition) is 2. The van der Waals surface area contributed by atoms with Crippen molar-refractivity contribution >= 4 is 11.9 Å². The largest absolute Gasteiger partial charge is 0.364 e. The lowest BCUT2D eigenvalue weighted by Gasteiger charge is -2.23. The minimum absolute atomic E-state index is 0.0970.